The molecule has 1 unspecified atom stereocenters. The lowest BCUT2D eigenvalue weighted by Gasteiger charge is -2.14. The summed E-state index contributed by atoms with van der Waals surface area (Å²) in [7, 11) is 1.49. The molecular weight excluding hydrogens is 363 g/mol. The lowest BCUT2D eigenvalue weighted by atomic mass is 10.0. The summed E-state index contributed by atoms with van der Waals surface area (Å²) in [4.78, 5) is 8.85. The van der Waals surface area contributed by atoms with Crippen LogP contribution < -0.4 is 0 Å². The molecule has 0 fully saturated rings. The number of rotatable bonds is 4. The Morgan fingerprint density at radius 1 is 1.35 bits per heavy atom. The van der Waals surface area contributed by atoms with E-state index in [1.807, 2.05) is 18.2 Å². The second-order valence-electron chi connectivity index (χ2n) is 3.93. The first-order valence-corrected chi connectivity index (χ1v) is 7.41. The van der Waals surface area contributed by atoms with Crippen LogP contribution in [0.2, 0.25) is 10.0 Å². The van der Waals surface area contributed by atoms with Gasteiger partial charge in [0.2, 0.25) is 0 Å². The van der Waals surface area contributed by atoms with E-state index in [1.54, 1.807) is 24.5 Å². The van der Waals surface area contributed by atoms with Crippen LogP contribution in [0.1, 0.15) is 16.0 Å². The molecule has 0 saturated carbocycles. The van der Waals surface area contributed by atoms with Crippen LogP contribution in [0.3, 0.4) is 0 Å². The molecule has 0 aliphatic rings. The third-order valence-electron chi connectivity index (χ3n) is 2.61. The standard InChI is InChI=1S/C14H11BrCl2N2O/c1-20-19-14(11-5-4-10(16)7-12(11)17)13(15)9-3-2-6-18-8-9/h2-8,13H,1H3. The van der Waals surface area contributed by atoms with Gasteiger partial charge in [0, 0.05) is 23.0 Å². The van der Waals surface area contributed by atoms with E-state index in [1.165, 1.54) is 7.11 Å². The fourth-order valence-corrected chi connectivity index (χ4v) is 2.82. The molecule has 3 nitrogen and oxygen atoms in total. The summed E-state index contributed by atoms with van der Waals surface area (Å²) in [5.41, 5.74) is 2.36. The Balaban J connectivity index is 2.44. The van der Waals surface area contributed by atoms with Crippen LogP contribution in [0.4, 0.5) is 0 Å². The SMILES string of the molecule is CON=C(c1ccc(Cl)cc1Cl)C(Br)c1cccnc1. The third kappa shape index (κ3) is 3.51. The van der Waals surface area contributed by atoms with Crippen LogP contribution in [-0.2, 0) is 4.84 Å². The maximum absolute atomic E-state index is 6.23. The van der Waals surface area contributed by atoms with Crippen LogP contribution in [0.15, 0.2) is 47.9 Å². The van der Waals surface area contributed by atoms with Gasteiger partial charge in [-0.25, -0.2) is 0 Å². The fraction of sp³-hybridized carbons (Fsp3) is 0.143. The van der Waals surface area contributed by atoms with Crippen molar-refractivity contribution in [2.45, 2.75) is 4.83 Å². The summed E-state index contributed by atoms with van der Waals surface area (Å²) in [6.45, 7) is 0. The molecule has 1 aromatic heterocycles. The lowest BCUT2D eigenvalue weighted by molar-refractivity contribution is 0.213. The predicted molar refractivity (Wildman–Crippen MR) is 85.9 cm³/mol. The molecular formula is C14H11BrCl2N2O. The molecule has 0 aliphatic carbocycles. The first-order valence-electron chi connectivity index (χ1n) is 5.74. The van der Waals surface area contributed by atoms with Crippen molar-refractivity contribution in [3.8, 4) is 0 Å². The smallest absolute Gasteiger partial charge is 0.107 e. The quantitative estimate of drug-likeness (QED) is 0.435. The number of hydrogen-bond donors (Lipinski definition) is 0. The third-order valence-corrected chi connectivity index (χ3v) is 4.12. The summed E-state index contributed by atoms with van der Waals surface area (Å²) < 4.78 is 0. The molecule has 0 bridgehead atoms. The number of oxime groups is 1. The largest absolute Gasteiger partial charge is 0.399 e. The minimum absolute atomic E-state index is 0.185. The second-order valence-corrected chi connectivity index (χ2v) is 5.69. The monoisotopic (exact) mass is 372 g/mol. The highest BCUT2D eigenvalue weighted by atomic mass is 79.9. The fourth-order valence-electron chi connectivity index (χ4n) is 1.71. The second kappa shape index (κ2) is 7.07. The van der Waals surface area contributed by atoms with Crippen molar-refractivity contribution in [1.82, 2.24) is 4.98 Å². The molecule has 0 aliphatic heterocycles. The van der Waals surface area contributed by atoms with Crippen molar-refractivity contribution in [1.29, 1.82) is 0 Å². The van der Waals surface area contributed by atoms with E-state index in [0.717, 1.165) is 11.1 Å². The Kier molecular flexibility index (Phi) is 5.40. The van der Waals surface area contributed by atoms with Gasteiger partial charge in [-0.05, 0) is 29.8 Å². The molecule has 1 atom stereocenters. The zero-order chi connectivity index (χ0) is 14.5. The first-order chi connectivity index (χ1) is 9.63. The van der Waals surface area contributed by atoms with E-state index in [2.05, 4.69) is 26.1 Å². The number of alkyl halides is 1. The van der Waals surface area contributed by atoms with E-state index >= 15 is 0 Å². The molecule has 1 aromatic carbocycles. The average molecular weight is 374 g/mol. The number of nitrogens with zero attached hydrogens (tertiary/aromatic N) is 2. The van der Waals surface area contributed by atoms with Gasteiger partial charge in [0.1, 0.15) is 12.8 Å². The predicted octanol–water partition coefficient (Wildman–Crippen LogP) is 4.88. The van der Waals surface area contributed by atoms with Gasteiger partial charge in [-0.1, -0.05) is 50.4 Å². The van der Waals surface area contributed by atoms with Crippen molar-refractivity contribution >= 4 is 44.8 Å². The number of benzene rings is 1. The summed E-state index contributed by atoms with van der Waals surface area (Å²) in [5.74, 6) is 0. The van der Waals surface area contributed by atoms with Crippen LogP contribution in [0.25, 0.3) is 0 Å². The van der Waals surface area contributed by atoms with E-state index in [-0.39, 0.29) is 4.83 Å². The molecule has 0 N–H and O–H groups in total. The van der Waals surface area contributed by atoms with Crippen LogP contribution >= 0.6 is 39.1 Å². The number of halogens is 3. The van der Waals surface area contributed by atoms with E-state index < -0.39 is 0 Å². The summed E-state index contributed by atoms with van der Waals surface area (Å²) in [5, 5.41) is 5.16. The van der Waals surface area contributed by atoms with Crippen molar-refractivity contribution in [3.05, 3.63) is 63.9 Å². The molecule has 1 heterocycles. The molecule has 2 rings (SSSR count). The molecule has 6 heteroatoms. The number of hydrogen-bond acceptors (Lipinski definition) is 3. The normalized spacial score (nSPS) is 13.1. The number of pyridine rings is 1. The summed E-state index contributed by atoms with van der Waals surface area (Å²) >= 11 is 15.8. The minimum atomic E-state index is -0.185. The molecule has 0 spiro atoms. The highest BCUT2D eigenvalue weighted by Gasteiger charge is 2.20. The maximum atomic E-state index is 6.23. The Hall–Kier alpha value is -1.10. The Bertz CT molecular complexity index is 620. The van der Waals surface area contributed by atoms with Crippen LogP contribution in [0.5, 0.6) is 0 Å². The average Bonchev–Trinajstić information content (AvgIpc) is 2.46. The summed E-state index contributed by atoms with van der Waals surface area (Å²) in [6, 6.07) is 9.05. The number of aromatic nitrogens is 1. The van der Waals surface area contributed by atoms with Gasteiger partial charge in [0.05, 0.1) is 9.85 Å². The topological polar surface area (TPSA) is 34.5 Å². The highest BCUT2D eigenvalue weighted by molar-refractivity contribution is 9.09. The van der Waals surface area contributed by atoms with Gasteiger partial charge in [-0.15, -0.1) is 0 Å². The van der Waals surface area contributed by atoms with Gasteiger partial charge in [-0.3, -0.25) is 4.98 Å². The molecule has 0 amide bonds. The van der Waals surface area contributed by atoms with Crippen LogP contribution in [-0.4, -0.2) is 17.8 Å². The molecule has 0 saturated heterocycles. The van der Waals surface area contributed by atoms with E-state index in [0.29, 0.717) is 15.8 Å². The van der Waals surface area contributed by atoms with E-state index in [9.17, 15) is 0 Å². The van der Waals surface area contributed by atoms with Crippen molar-refractivity contribution < 1.29 is 4.84 Å². The van der Waals surface area contributed by atoms with Crippen molar-refractivity contribution in [2.24, 2.45) is 5.16 Å². The Labute approximate surface area is 135 Å². The minimum Gasteiger partial charge on any atom is -0.399 e. The van der Waals surface area contributed by atoms with Crippen molar-refractivity contribution in [3.63, 3.8) is 0 Å². The molecule has 0 radical (unpaired) electrons. The van der Waals surface area contributed by atoms with Crippen LogP contribution in [0, 0.1) is 0 Å². The Morgan fingerprint density at radius 3 is 2.75 bits per heavy atom. The summed E-state index contributed by atoms with van der Waals surface area (Å²) in [6.07, 6.45) is 3.47. The van der Waals surface area contributed by atoms with Gasteiger partial charge >= 0.3 is 0 Å². The maximum Gasteiger partial charge on any atom is 0.107 e. The zero-order valence-corrected chi connectivity index (χ0v) is 13.7. The molecule has 2 aromatic rings. The van der Waals surface area contributed by atoms with Gasteiger partial charge in [-0.2, -0.15) is 0 Å². The van der Waals surface area contributed by atoms with E-state index in [4.69, 9.17) is 28.0 Å². The molecule has 104 valence electrons. The zero-order valence-electron chi connectivity index (χ0n) is 10.6. The van der Waals surface area contributed by atoms with Gasteiger partial charge < -0.3 is 4.84 Å². The first kappa shape index (κ1) is 15.3. The molecule has 20 heavy (non-hydrogen) atoms. The highest BCUT2D eigenvalue weighted by Crippen LogP contribution is 2.31. The van der Waals surface area contributed by atoms with Crippen molar-refractivity contribution in [2.75, 3.05) is 7.11 Å². The Morgan fingerprint density at radius 2 is 2.15 bits per heavy atom. The van der Waals surface area contributed by atoms with Gasteiger partial charge in [0.15, 0.2) is 0 Å². The lowest BCUT2D eigenvalue weighted by Crippen LogP contribution is -2.10. The van der Waals surface area contributed by atoms with Gasteiger partial charge in [0.25, 0.3) is 0 Å².